The summed E-state index contributed by atoms with van der Waals surface area (Å²) >= 11 is 0. The van der Waals surface area contributed by atoms with E-state index >= 15 is 0 Å². The van der Waals surface area contributed by atoms with Crippen molar-refractivity contribution in [3.63, 3.8) is 0 Å². The SMILES string of the molecule is COc1cc(OC)cc(C(=O)N2CCC(c3nc(C)ccc3C(=O)Nc3ccccc3)CC2)c1. The number of methoxy groups -OCH3 is 2. The molecule has 0 aliphatic carbocycles. The zero-order valence-electron chi connectivity index (χ0n) is 19.7. The lowest BCUT2D eigenvalue weighted by molar-refractivity contribution is 0.0710. The van der Waals surface area contributed by atoms with E-state index in [4.69, 9.17) is 14.5 Å². The second-order valence-corrected chi connectivity index (χ2v) is 8.37. The van der Waals surface area contributed by atoms with E-state index in [0.29, 0.717) is 35.7 Å². The van der Waals surface area contributed by atoms with Gasteiger partial charge in [0.05, 0.1) is 25.5 Å². The molecule has 2 heterocycles. The van der Waals surface area contributed by atoms with Crippen LogP contribution in [0.1, 0.15) is 50.9 Å². The molecular weight excluding hydrogens is 430 g/mol. The van der Waals surface area contributed by atoms with Gasteiger partial charge in [-0.3, -0.25) is 14.6 Å². The molecule has 0 saturated carbocycles. The van der Waals surface area contributed by atoms with E-state index in [1.54, 1.807) is 32.4 Å². The molecule has 1 aliphatic rings. The topological polar surface area (TPSA) is 80.8 Å². The van der Waals surface area contributed by atoms with Crippen LogP contribution in [0.5, 0.6) is 11.5 Å². The van der Waals surface area contributed by atoms with Crippen molar-refractivity contribution in [1.82, 2.24) is 9.88 Å². The first-order valence-electron chi connectivity index (χ1n) is 11.3. The van der Waals surface area contributed by atoms with Crippen LogP contribution in [0.15, 0.2) is 60.7 Å². The number of aromatic nitrogens is 1. The zero-order chi connectivity index (χ0) is 24.1. The van der Waals surface area contributed by atoms with Gasteiger partial charge < -0.3 is 19.7 Å². The van der Waals surface area contributed by atoms with Crippen LogP contribution < -0.4 is 14.8 Å². The quantitative estimate of drug-likeness (QED) is 0.579. The molecule has 1 fully saturated rings. The van der Waals surface area contributed by atoms with Gasteiger partial charge in [-0.25, -0.2) is 0 Å². The number of nitrogens with one attached hydrogen (secondary N) is 1. The van der Waals surface area contributed by atoms with Crippen molar-refractivity contribution in [2.24, 2.45) is 0 Å². The maximum atomic E-state index is 13.1. The van der Waals surface area contributed by atoms with Crippen LogP contribution in [0.3, 0.4) is 0 Å². The Labute approximate surface area is 199 Å². The third-order valence-electron chi connectivity index (χ3n) is 6.11. The highest BCUT2D eigenvalue weighted by molar-refractivity contribution is 6.05. The molecule has 34 heavy (non-hydrogen) atoms. The van der Waals surface area contributed by atoms with Crippen molar-refractivity contribution in [2.45, 2.75) is 25.7 Å². The van der Waals surface area contributed by atoms with Gasteiger partial charge in [-0.2, -0.15) is 0 Å². The van der Waals surface area contributed by atoms with Gasteiger partial charge in [0.25, 0.3) is 11.8 Å². The molecule has 1 saturated heterocycles. The molecule has 2 amide bonds. The molecule has 1 N–H and O–H groups in total. The van der Waals surface area contributed by atoms with Crippen LogP contribution >= 0.6 is 0 Å². The van der Waals surface area contributed by atoms with E-state index in [1.807, 2.05) is 54.3 Å². The van der Waals surface area contributed by atoms with Crippen molar-refractivity contribution < 1.29 is 19.1 Å². The number of para-hydroxylation sites is 1. The lowest BCUT2D eigenvalue weighted by atomic mass is 9.89. The van der Waals surface area contributed by atoms with Crippen molar-refractivity contribution in [2.75, 3.05) is 32.6 Å². The van der Waals surface area contributed by atoms with Gasteiger partial charge in [-0.05, 0) is 56.2 Å². The van der Waals surface area contributed by atoms with Gasteiger partial charge in [0, 0.05) is 42.0 Å². The van der Waals surface area contributed by atoms with Gasteiger partial charge in [-0.1, -0.05) is 18.2 Å². The Hall–Kier alpha value is -3.87. The van der Waals surface area contributed by atoms with E-state index in [0.717, 1.165) is 29.9 Å². The summed E-state index contributed by atoms with van der Waals surface area (Å²) in [4.78, 5) is 32.7. The Bertz CT molecular complexity index is 1150. The summed E-state index contributed by atoms with van der Waals surface area (Å²) in [7, 11) is 3.13. The molecule has 1 aliphatic heterocycles. The number of ether oxygens (including phenoxy) is 2. The van der Waals surface area contributed by atoms with Crippen molar-refractivity contribution in [3.05, 3.63) is 83.2 Å². The molecule has 0 spiro atoms. The summed E-state index contributed by atoms with van der Waals surface area (Å²) in [6.07, 6.45) is 1.46. The number of aryl methyl sites for hydroxylation is 1. The Morgan fingerprint density at radius 3 is 2.21 bits per heavy atom. The second-order valence-electron chi connectivity index (χ2n) is 8.37. The predicted octanol–water partition coefficient (Wildman–Crippen LogP) is 4.68. The molecule has 0 unspecified atom stereocenters. The van der Waals surface area contributed by atoms with E-state index in [1.165, 1.54) is 0 Å². The number of amides is 2. The summed E-state index contributed by atoms with van der Waals surface area (Å²) in [6.45, 7) is 3.09. The highest BCUT2D eigenvalue weighted by Crippen LogP contribution is 2.31. The van der Waals surface area contributed by atoms with E-state index in [-0.39, 0.29) is 17.7 Å². The molecule has 3 aromatic rings. The first kappa shape index (κ1) is 23.3. The molecule has 1 aromatic heterocycles. The van der Waals surface area contributed by atoms with Crippen molar-refractivity contribution in [3.8, 4) is 11.5 Å². The molecule has 0 bridgehead atoms. The summed E-state index contributed by atoms with van der Waals surface area (Å²) in [6, 6.07) is 18.3. The average molecular weight is 460 g/mol. The number of carbonyl (C=O) groups excluding carboxylic acids is 2. The zero-order valence-corrected chi connectivity index (χ0v) is 19.7. The number of nitrogens with zero attached hydrogens (tertiary/aromatic N) is 2. The third-order valence-corrected chi connectivity index (χ3v) is 6.11. The normalized spacial score (nSPS) is 13.9. The summed E-state index contributed by atoms with van der Waals surface area (Å²) < 4.78 is 10.6. The molecule has 0 radical (unpaired) electrons. The van der Waals surface area contributed by atoms with Gasteiger partial charge >= 0.3 is 0 Å². The number of anilines is 1. The predicted molar refractivity (Wildman–Crippen MR) is 131 cm³/mol. The van der Waals surface area contributed by atoms with Crippen LogP contribution in [0.2, 0.25) is 0 Å². The van der Waals surface area contributed by atoms with Crippen molar-refractivity contribution >= 4 is 17.5 Å². The Morgan fingerprint density at radius 1 is 0.941 bits per heavy atom. The molecule has 176 valence electrons. The lowest BCUT2D eigenvalue weighted by Gasteiger charge is -2.32. The number of rotatable bonds is 6. The van der Waals surface area contributed by atoms with Crippen LogP contribution in [0, 0.1) is 6.92 Å². The number of hydrogen-bond acceptors (Lipinski definition) is 5. The van der Waals surface area contributed by atoms with Crippen LogP contribution in [-0.4, -0.2) is 49.0 Å². The number of benzene rings is 2. The number of hydrogen-bond donors (Lipinski definition) is 1. The first-order chi connectivity index (χ1) is 16.5. The highest BCUT2D eigenvalue weighted by atomic mass is 16.5. The summed E-state index contributed by atoms with van der Waals surface area (Å²) in [5.74, 6) is 1.03. The maximum Gasteiger partial charge on any atom is 0.257 e. The highest BCUT2D eigenvalue weighted by Gasteiger charge is 2.29. The Kier molecular flexibility index (Phi) is 7.11. The van der Waals surface area contributed by atoms with Gasteiger partial charge in [-0.15, -0.1) is 0 Å². The molecule has 7 nitrogen and oxygen atoms in total. The average Bonchev–Trinajstić information content (AvgIpc) is 2.88. The van der Waals surface area contributed by atoms with Gasteiger partial charge in [0.15, 0.2) is 0 Å². The minimum absolute atomic E-state index is 0.0603. The van der Waals surface area contributed by atoms with Crippen LogP contribution in [-0.2, 0) is 0 Å². The van der Waals surface area contributed by atoms with Crippen LogP contribution in [0.4, 0.5) is 5.69 Å². The fraction of sp³-hybridized carbons (Fsp3) is 0.296. The summed E-state index contributed by atoms with van der Waals surface area (Å²) in [5, 5.41) is 2.96. The number of piperidine rings is 1. The molecule has 2 aromatic carbocycles. The van der Waals surface area contributed by atoms with E-state index < -0.39 is 0 Å². The second kappa shape index (κ2) is 10.4. The largest absolute Gasteiger partial charge is 0.497 e. The van der Waals surface area contributed by atoms with Gasteiger partial charge in [0.2, 0.25) is 0 Å². The maximum absolute atomic E-state index is 13.1. The standard InChI is InChI=1S/C27H29N3O4/c1-18-9-10-24(26(31)29-21-7-5-4-6-8-21)25(28-18)19-11-13-30(14-12-19)27(32)20-15-22(33-2)17-23(16-20)34-3/h4-10,15-17,19H,11-14H2,1-3H3,(H,29,31). The Morgan fingerprint density at radius 2 is 1.59 bits per heavy atom. The van der Waals surface area contributed by atoms with E-state index in [9.17, 15) is 9.59 Å². The minimum atomic E-state index is -0.171. The van der Waals surface area contributed by atoms with Crippen LogP contribution in [0.25, 0.3) is 0 Å². The number of carbonyl (C=O) groups is 2. The first-order valence-corrected chi connectivity index (χ1v) is 11.3. The number of pyridine rings is 1. The fourth-order valence-electron chi connectivity index (χ4n) is 4.27. The van der Waals surface area contributed by atoms with Gasteiger partial charge in [0.1, 0.15) is 11.5 Å². The summed E-state index contributed by atoms with van der Waals surface area (Å²) in [5.41, 5.74) is 3.52. The van der Waals surface area contributed by atoms with Crippen molar-refractivity contribution in [1.29, 1.82) is 0 Å². The third kappa shape index (κ3) is 5.20. The molecule has 0 atom stereocenters. The monoisotopic (exact) mass is 459 g/mol. The lowest BCUT2D eigenvalue weighted by Crippen LogP contribution is -2.38. The minimum Gasteiger partial charge on any atom is -0.497 e. The fourth-order valence-corrected chi connectivity index (χ4v) is 4.27. The van der Waals surface area contributed by atoms with E-state index in [2.05, 4.69) is 5.32 Å². The molecule has 4 rings (SSSR count). The number of likely N-dealkylation sites (tertiary alicyclic amines) is 1. The smallest absolute Gasteiger partial charge is 0.257 e. The molecular formula is C27H29N3O4. The Balaban J connectivity index is 1.49. The molecule has 7 heteroatoms.